The monoisotopic (exact) mass is 478 g/mol. The molecule has 9 heteroatoms. The van der Waals surface area contributed by atoms with E-state index in [9.17, 15) is 9.59 Å². The number of rotatable bonds is 9. The molecule has 2 heterocycles. The number of carbonyl (C=O) groups excluding carboxylic acids is 1. The van der Waals surface area contributed by atoms with Crippen LogP contribution in [0.25, 0.3) is 22.2 Å². The Hall–Kier alpha value is -3.56. The van der Waals surface area contributed by atoms with Gasteiger partial charge in [-0.05, 0) is 17.7 Å². The van der Waals surface area contributed by atoms with Gasteiger partial charge in [-0.2, -0.15) is 0 Å². The van der Waals surface area contributed by atoms with Gasteiger partial charge in [0.25, 0.3) is 5.56 Å². The first-order valence-corrected chi connectivity index (χ1v) is 11.7. The summed E-state index contributed by atoms with van der Waals surface area (Å²) < 4.78 is 13.9. The molecule has 0 unspecified atom stereocenters. The summed E-state index contributed by atoms with van der Waals surface area (Å²) in [5.41, 5.74) is 3.39. The minimum atomic E-state index is -0.224. The first-order chi connectivity index (χ1) is 16.5. The van der Waals surface area contributed by atoms with Gasteiger partial charge in [0, 0.05) is 25.9 Å². The number of anilines is 1. The van der Waals surface area contributed by atoms with E-state index >= 15 is 0 Å². The van der Waals surface area contributed by atoms with Crippen LogP contribution in [0, 0.1) is 0 Å². The number of carbonyl (C=O) groups is 1. The number of aryl methyl sites for hydroxylation is 1. The number of hydrogen-bond donors (Lipinski definition) is 1. The fourth-order valence-electron chi connectivity index (χ4n) is 3.73. The van der Waals surface area contributed by atoms with Crippen LogP contribution in [0.4, 0.5) is 5.69 Å². The first-order valence-electron chi connectivity index (χ1n) is 10.7. The van der Waals surface area contributed by atoms with Gasteiger partial charge in [-0.3, -0.25) is 14.2 Å². The standard InChI is InChI=1S/C25H26N4O4S/c1-28-15-18(17-9-5-4-6-10-17)22-23(28)24(31)29(13-14-32-2)25(27-22)34-16-21(30)26-19-11-7-8-12-20(19)33-3/h4-12,15H,13-14,16H2,1-3H3,(H,26,30). The summed E-state index contributed by atoms with van der Waals surface area (Å²) in [7, 11) is 4.98. The molecule has 1 N–H and O–H groups in total. The van der Waals surface area contributed by atoms with Crippen molar-refractivity contribution in [3.63, 3.8) is 0 Å². The van der Waals surface area contributed by atoms with Crippen molar-refractivity contribution >= 4 is 34.4 Å². The molecule has 2 aromatic carbocycles. The Morgan fingerprint density at radius 3 is 2.56 bits per heavy atom. The zero-order valence-electron chi connectivity index (χ0n) is 19.3. The Kier molecular flexibility index (Phi) is 7.34. The highest BCUT2D eigenvalue weighted by atomic mass is 32.2. The molecule has 0 spiro atoms. The van der Waals surface area contributed by atoms with Gasteiger partial charge in [0.05, 0.1) is 31.7 Å². The smallest absolute Gasteiger partial charge is 0.278 e. The molecule has 0 saturated heterocycles. The molecule has 8 nitrogen and oxygen atoms in total. The van der Waals surface area contributed by atoms with Crippen LogP contribution >= 0.6 is 11.8 Å². The highest BCUT2D eigenvalue weighted by Gasteiger charge is 2.19. The van der Waals surface area contributed by atoms with E-state index in [2.05, 4.69) is 5.32 Å². The predicted octanol–water partition coefficient (Wildman–Crippen LogP) is 3.79. The van der Waals surface area contributed by atoms with Gasteiger partial charge in [-0.25, -0.2) is 4.98 Å². The van der Waals surface area contributed by atoms with Gasteiger partial charge >= 0.3 is 0 Å². The van der Waals surface area contributed by atoms with Crippen molar-refractivity contribution in [3.8, 4) is 16.9 Å². The van der Waals surface area contributed by atoms with E-state index in [1.54, 1.807) is 35.5 Å². The van der Waals surface area contributed by atoms with Gasteiger partial charge in [0.2, 0.25) is 5.91 Å². The predicted molar refractivity (Wildman–Crippen MR) is 135 cm³/mol. The largest absolute Gasteiger partial charge is 0.495 e. The van der Waals surface area contributed by atoms with Crippen molar-refractivity contribution in [2.75, 3.05) is 31.9 Å². The van der Waals surface area contributed by atoms with E-state index in [1.165, 1.54) is 11.8 Å². The van der Waals surface area contributed by atoms with Crippen LogP contribution in [-0.4, -0.2) is 46.6 Å². The van der Waals surface area contributed by atoms with Crippen molar-refractivity contribution in [3.05, 3.63) is 71.1 Å². The normalized spacial score (nSPS) is 11.0. The number of nitrogens with one attached hydrogen (secondary N) is 1. The Morgan fingerprint density at radius 2 is 1.82 bits per heavy atom. The molecule has 0 aliphatic rings. The lowest BCUT2D eigenvalue weighted by Crippen LogP contribution is -2.27. The van der Waals surface area contributed by atoms with Crippen molar-refractivity contribution in [1.82, 2.24) is 14.1 Å². The fraction of sp³-hybridized carbons (Fsp3) is 0.240. The zero-order chi connectivity index (χ0) is 24.1. The van der Waals surface area contributed by atoms with Crippen LogP contribution in [0.2, 0.25) is 0 Å². The van der Waals surface area contributed by atoms with E-state index in [4.69, 9.17) is 14.5 Å². The maximum absolute atomic E-state index is 13.5. The van der Waals surface area contributed by atoms with Crippen LogP contribution in [0.5, 0.6) is 5.75 Å². The number of para-hydroxylation sites is 2. The molecule has 4 aromatic rings. The Morgan fingerprint density at radius 1 is 1.09 bits per heavy atom. The van der Waals surface area contributed by atoms with Gasteiger partial charge in [-0.15, -0.1) is 0 Å². The van der Waals surface area contributed by atoms with Crippen molar-refractivity contribution in [1.29, 1.82) is 0 Å². The lowest BCUT2D eigenvalue weighted by atomic mass is 10.1. The third kappa shape index (κ3) is 4.85. The second-order valence-electron chi connectivity index (χ2n) is 7.60. The molecule has 0 saturated carbocycles. The zero-order valence-corrected chi connectivity index (χ0v) is 20.1. The van der Waals surface area contributed by atoms with Crippen molar-refractivity contribution in [2.24, 2.45) is 7.05 Å². The highest BCUT2D eigenvalue weighted by Crippen LogP contribution is 2.29. The molecule has 0 bridgehead atoms. The number of ether oxygens (including phenoxy) is 2. The topological polar surface area (TPSA) is 87.4 Å². The second-order valence-corrected chi connectivity index (χ2v) is 8.54. The molecule has 34 heavy (non-hydrogen) atoms. The molecule has 1 amide bonds. The number of aromatic nitrogens is 3. The summed E-state index contributed by atoms with van der Waals surface area (Å²) in [6.07, 6.45) is 1.91. The van der Waals surface area contributed by atoms with Crippen LogP contribution < -0.4 is 15.6 Å². The number of benzene rings is 2. The van der Waals surface area contributed by atoms with Gasteiger partial charge in [0.1, 0.15) is 16.8 Å². The fourth-order valence-corrected chi connectivity index (χ4v) is 4.55. The Labute approximate surface area is 201 Å². The molecule has 0 fully saturated rings. The van der Waals surface area contributed by atoms with E-state index in [0.717, 1.165) is 11.1 Å². The molecule has 176 valence electrons. The number of methoxy groups -OCH3 is 2. The summed E-state index contributed by atoms with van der Waals surface area (Å²) >= 11 is 1.21. The molecule has 0 aliphatic heterocycles. The summed E-state index contributed by atoms with van der Waals surface area (Å²) in [5, 5.41) is 3.32. The number of amides is 1. The van der Waals surface area contributed by atoms with E-state index in [0.29, 0.717) is 40.8 Å². The Bertz CT molecular complexity index is 1360. The number of hydrogen-bond acceptors (Lipinski definition) is 6. The number of fused-ring (bicyclic) bond motifs is 1. The summed E-state index contributed by atoms with van der Waals surface area (Å²) in [6, 6.07) is 17.0. The third-order valence-corrected chi connectivity index (χ3v) is 6.33. The van der Waals surface area contributed by atoms with Gasteiger partial charge in [-0.1, -0.05) is 54.2 Å². The first kappa shape index (κ1) is 23.6. The Balaban J connectivity index is 1.68. The maximum atomic E-state index is 13.5. The van der Waals surface area contributed by atoms with E-state index in [-0.39, 0.29) is 17.2 Å². The highest BCUT2D eigenvalue weighted by molar-refractivity contribution is 7.99. The quantitative estimate of drug-likeness (QED) is 0.291. The SMILES string of the molecule is COCCn1c(SCC(=O)Nc2ccccc2OC)nc2c(-c3ccccc3)cn(C)c2c1=O. The molecular weight excluding hydrogens is 452 g/mol. The minimum Gasteiger partial charge on any atom is -0.495 e. The third-order valence-electron chi connectivity index (χ3n) is 5.36. The van der Waals surface area contributed by atoms with Gasteiger partial charge < -0.3 is 19.4 Å². The average Bonchev–Trinajstić information content (AvgIpc) is 3.19. The van der Waals surface area contributed by atoms with E-state index in [1.807, 2.05) is 55.7 Å². The van der Waals surface area contributed by atoms with Crippen LogP contribution in [0.1, 0.15) is 0 Å². The maximum Gasteiger partial charge on any atom is 0.278 e. The minimum absolute atomic E-state index is 0.0798. The van der Waals surface area contributed by atoms with Gasteiger partial charge in [0.15, 0.2) is 5.16 Å². The number of nitrogens with zero attached hydrogens (tertiary/aromatic N) is 3. The lowest BCUT2D eigenvalue weighted by Gasteiger charge is -2.13. The molecule has 4 rings (SSSR count). The summed E-state index contributed by atoms with van der Waals surface area (Å²) in [6.45, 7) is 0.685. The molecule has 2 aromatic heterocycles. The molecule has 0 radical (unpaired) electrons. The van der Waals surface area contributed by atoms with Crippen LogP contribution in [0.15, 0.2) is 70.7 Å². The molecular formula is C25H26N4O4S. The second kappa shape index (κ2) is 10.6. The van der Waals surface area contributed by atoms with Crippen LogP contribution in [-0.2, 0) is 23.1 Å². The van der Waals surface area contributed by atoms with E-state index < -0.39 is 0 Å². The molecule has 0 aliphatic carbocycles. The lowest BCUT2D eigenvalue weighted by molar-refractivity contribution is -0.113. The van der Waals surface area contributed by atoms with Crippen molar-refractivity contribution in [2.45, 2.75) is 11.7 Å². The summed E-state index contributed by atoms with van der Waals surface area (Å²) in [5.74, 6) is 0.434. The average molecular weight is 479 g/mol. The number of thioether (sulfide) groups is 1. The van der Waals surface area contributed by atoms with Crippen molar-refractivity contribution < 1.29 is 14.3 Å². The van der Waals surface area contributed by atoms with Crippen LogP contribution in [0.3, 0.4) is 0 Å². The summed E-state index contributed by atoms with van der Waals surface area (Å²) in [4.78, 5) is 31.0. The molecule has 0 atom stereocenters.